The van der Waals surface area contributed by atoms with Gasteiger partial charge in [-0.15, -0.1) is 0 Å². The number of hydrogen-bond acceptors (Lipinski definition) is 2. The molecule has 2 aliphatic rings. The molecule has 1 aromatic rings. The first kappa shape index (κ1) is 14.4. The second-order valence-corrected chi connectivity index (χ2v) is 5.82. The Morgan fingerprint density at radius 1 is 1.33 bits per heavy atom. The molecule has 0 unspecified atom stereocenters. The van der Waals surface area contributed by atoms with Crippen molar-refractivity contribution in [3.05, 3.63) is 29.3 Å². The van der Waals surface area contributed by atoms with Crippen molar-refractivity contribution in [3.8, 4) is 0 Å². The molecule has 114 valence electrons. The Morgan fingerprint density at radius 3 is 2.76 bits per heavy atom. The summed E-state index contributed by atoms with van der Waals surface area (Å²) >= 11 is 0. The Bertz CT molecular complexity index is 552. The van der Waals surface area contributed by atoms with E-state index in [2.05, 4.69) is 4.90 Å². The van der Waals surface area contributed by atoms with E-state index in [4.69, 9.17) is 0 Å². The zero-order valence-electron chi connectivity index (χ0n) is 11.5. The highest BCUT2D eigenvalue weighted by Gasteiger charge is 2.39. The van der Waals surface area contributed by atoms with Gasteiger partial charge in [-0.05, 0) is 42.4 Å². The van der Waals surface area contributed by atoms with Gasteiger partial charge in [0.1, 0.15) is 0 Å². The van der Waals surface area contributed by atoms with Crippen molar-refractivity contribution in [3.63, 3.8) is 0 Å². The molecule has 6 heteroatoms. The summed E-state index contributed by atoms with van der Waals surface area (Å²) in [5, 5.41) is 2.01. The number of alkyl halides is 3. The molecule has 3 nitrogen and oxygen atoms in total. The maximum atomic E-state index is 12.4. The van der Waals surface area contributed by atoms with Crippen molar-refractivity contribution >= 4 is 11.6 Å². The van der Waals surface area contributed by atoms with Crippen LogP contribution in [-0.4, -0.2) is 30.1 Å². The zero-order valence-corrected chi connectivity index (χ0v) is 11.5. The maximum absolute atomic E-state index is 12.4. The molecular formula is C15H17F3N2O. The van der Waals surface area contributed by atoms with Crippen molar-refractivity contribution in [2.75, 3.05) is 18.4 Å². The number of anilines is 1. The molecule has 3 rings (SSSR count). The number of hydrogen-bond donors (Lipinski definition) is 1. The first-order chi connectivity index (χ1) is 9.93. The van der Waals surface area contributed by atoms with Crippen LogP contribution in [0.1, 0.15) is 24.0 Å². The summed E-state index contributed by atoms with van der Waals surface area (Å²) in [7, 11) is 0. The Labute approximate surface area is 121 Å². The highest BCUT2D eigenvalue weighted by molar-refractivity contribution is 5.95. The van der Waals surface area contributed by atoms with E-state index < -0.39 is 12.1 Å². The molecule has 1 amide bonds. The quantitative estimate of drug-likeness (QED) is 0.930. The molecule has 1 N–H and O–H groups in total. The van der Waals surface area contributed by atoms with E-state index in [-0.39, 0.29) is 5.69 Å². The monoisotopic (exact) mass is 298 g/mol. The number of halogens is 3. The summed E-state index contributed by atoms with van der Waals surface area (Å²) < 4.78 is 37.2. The third kappa shape index (κ3) is 3.37. The van der Waals surface area contributed by atoms with Gasteiger partial charge in [-0.1, -0.05) is 12.1 Å². The fourth-order valence-electron chi connectivity index (χ4n) is 2.77. The maximum Gasteiger partial charge on any atom is 0.471 e. The molecular weight excluding hydrogens is 281 g/mol. The zero-order chi connectivity index (χ0) is 15.0. The highest BCUT2D eigenvalue weighted by atomic mass is 19.4. The Hall–Kier alpha value is -1.56. The van der Waals surface area contributed by atoms with Gasteiger partial charge < -0.3 is 5.32 Å². The van der Waals surface area contributed by atoms with E-state index in [0.717, 1.165) is 36.6 Å². The summed E-state index contributed by atoms with van der Waals surface area (Å²) in [6.07, 6.45) is -1.55. The topological polar surface area (TPSA) is 32.3 Å². The molecule has 1 aliphatic carbocycles. The first-order valence-corrected chi connectivity index (χ1v) is 7.15. The number of rotatable bonds is 3. The number of benzene rings is 1. The molecule has 1 aromatic carbocycles. The average molecular weight is 298 g/mol. The Kier molecular flexibility index (Phi) is 3.65. The smallest absolute Gasteiger partial charge is 0.318 e. The minimum atomic E-state index is -4.86. The van der Waals surface area contributed by atoms with Crippen LogP contribution in [-0.2, 0) is 17.8 Å². The third-order valence-corrected chi connectivity index (χ3v) is 4.07. The number of carbonyl (C=O) groups is 1. The van der Waals surface area contributed by atoms with E-state index in [0.29, 0.717) is 6.54 Å². The van der Waals surface area contributed by atoms with Crippen LogP contribution >= 0.6 is 0 Å². The minimum absolute atomic E-state index is 0.287. The largest absolute Gasteiger partial charge is 0.471 e. The Balaban J connectivity index is 1.77. The molecule has 0 aromatic heterocycles. The lowest BCUT2D eigenvalue weighted by molar-refractivity contribution is -0.167. The highest BCUT2D eigenvalue weighted by Crippen LogP contribution is 2.33. The molecule has 0 bridgehead atoms. The molecule has 0 atom stereocenters. The second-order valence-electron chi connectivity index (χ2n) is 5.82. The number of fused-ring (bicyclic) bond motifs is 1. The molecule has 1 aliphatic heterocycles. The predicted molar refractivity (Wildman–Crippen MR) is 72.8 cm³/mol. The van der Waals surface area contributed by atoms with Crippen LogP contribution in [0.2, 0.25) is 0 Å². The van der Waals surface area contributed by atoms with Gasteiger partial charge in [0, 0.05) is 25.3 Å². The van der Waals surface area contributed by atoms with Crippen LogP contribution < -0.4 is 5.32 Å². The average Bonchev–Trinajstić information content (AvgIpc) is 3.22. The normalized spacial score (nSPS) is 19.2. The molecule has 0 spiro atoms. The van der Waals surface area contributed by atoms with Gasteiger partial charge in [0.2, 0.25) is 0 Å². The van der Waals surface area contributed by atoms with Crippen LogP contribution in [0, 0.1) is 5.92 Å². The lowest BCUT2D eigenvalue weighted by atomic mass is 9.97. The van der Waals surface area contributed by atoms with Crippen molar-refractivity contribution in [2.45, 2.75) is 32.0 Å². The SMILES string of the molecule is O=C(Nc1cccc2c1CN(CC1CC1)CC2)C(F)(F)F. The van der Waals surface area contributed by atoms with E-state index in [9.17, 15) is 18.0 Å². The molecule has 1 fully saturated rings. The van der Waals surface area contributed by atoms with Gasteiger partial charge in [-0.2, -0.15) is 13.2 Å². The molecule has 0 saturated heterocycles. The number of nitrogens with zero attached hydrogens (tertiary/aromatic N) is 1. The standard InChI is InChI=1S/C15H17F3N2O/c16-15(17,18)14(21)19-13-3-1-2-11-6-7-20(9-12(11)13)8-10-4-5-10/h1-3,10H,4-9H2,(H,19,21). The van der Waals surface area contributed by atoms with E-state index >= 15 is 0 Å². The van der Waals surface area contributed by atoms with Gasteiger partial charge in [0.25, 0.3) is 0 Å². The lowest BCUT2D eigenvalue weighted by Gasteiger charge is -2.30. The van der Waals surface area contributed by atoms with Crippen LogP contribution in [0.4, 0.5) is 18.9 Å². The second kappa shape index (κ2) is 5.33. The Morgan fingerprint density at radius 2 is 2.10 bits per heavy atom. The minimum Gasteiger partial charge on any atom is -0.318 e. The fourth-order valence-corrected chi connectivity index (χ4v) is 2.77. The van der Waals surface area contributed by atoms with Gasteiger partial charge in [-0.3, -0.25) is 9.69 Å². The number of nitrogens with one attached hydrogen (secondary N) is 1. The fraction of sp³-hybridized carbons (Fsp3) is 0.533. The summed E-state index contributed by atoms with van der Waals surface area (Å²) in [6.45, 7) is 2.54. The lowest BCUT2D eigenvalue weighted by Crippen LogP contribution is -2.34. The van der Waals surface area contributed by atoms with Gasteiger partial charge in [-0.25, -0.2) is 0 Å². The van der Waals surface area contributed by atoms with E-state index in [1.807, 2.05) is 11.4 Å². The summed E-state index contributed by atoms with van der Waals surface area (Å²) in [6, 6.07) is 5.16. The van der Waals surface area contributed by atoms with Crippen LogP contribution in [0.25, 0.3) is 0 Å². The first-order valence-electron chi connectivity index (χ1n) is 7.15. The van der Waals surface area contributed by atoms with E-state index in [1.165, 1.54) is 12.8 Å². The predicted octanol–water partition coefficient (Wildman–Crippen LogP) is 2.96. The van der Waals surface area contributed by atoms with Crippen molar-refractivity contribution < 1.29 is 18.0 Å². The summed E-state index contributed by atoms with van der Waals surface area (Å²) in [5.74, 6) is -1.17. The molecule has 21 heavy (non-hydrogen) atoms. The summed E-state index contributed by atoms with van der Waals surface area (Å²) in [5.41, 5.74) is 2.14. The van der Waals surface area contributed by atoms with Crippen molar-refractivity contribution in [2.24, 2.45) is 5.92 Å². The molecule has 1 heterocycles. The van der Waals surface area contributed by atoms with E-state index in [1.54, 1.807) is 12.1 Å². The van der Waals surface area contributed by atoms with Crippen LogP contribution in [0.15, 0.2) is 18.2 Å². The summed E-state index contributed by atoms with van der Waals surface area (Å²) in [4.78, 5) is 13.4. The number of carbonyl (C=O) groups excluding carboxylic acids is 1. The van der Waals surface area contributed by atoms with Gasteiger partial charge in [0.05, 0.1) is 0 Å². The molecule has 0 radical (unpaired) electrons. The number of amides is 1. The van der Waals surface area contributed by atoms with Gasteiger partial charge in [0.15, 0.2) is 0 Å². The van der Waals surface area contributed by atoms with Crippen molar-refractivity contribution in [1.29, 1.82) is 0 Å². The molecule has 1 saturated carbocycles. The van der Waals surface area contributed by atoms with Crippen molar-refractivity contribution in [1.82, 2.24) is 4.90 Å². The third-order valence-electron chi connectivity index (χ3n) is 4.07. The van der Waals surface area contributed by atoms with Crippen LogP contribution in [0.3, 0.4) is 0 Å². The van der Waals surface area contributed by atoms with Crippen LogP contribution in [0.5, 0.6) is 0 Å². The van der Waals surface area contributed by atoms with Gasteiger partial charge >= 0.3 is 12.1 Å².